The van der Waals surface area contributed by atoms with Gasteiger partial charge in [-0.1, -0.05) is 6.92 Å². The van der Waals surface area contributed by atoms with Gasteiger partial charge in [-0.15, -0.1) is 0 Å². The van der Waals surface area contributed by atoms with Gasteiger partial charge in [0.2, 0.25) is 0 Å². The molecule has 0 spiro atoms. The highest BCUT2D eigenvalue weighted by Gasteiger charge is 2.28. The first-order valence-electron chi connectivity index (χ1n) is 6.41. The molecule has 17 heavy (non-hydrogen) atoms. The molecule has 0 bridgehead atoms. The molecule has 1 N–H and O–H groups in total. The van der Waals surface area contributed by atoms with Crippen LogP contribution in [0.3, 0.4) is 0 Å². The number of aliphatic hydroxyl groups excluding tert-OH is 1. The van der Waals surface area contributed by atoms with E-state index >= 15 is 0 Å². The third-order valence-electron chi connectivity index (χ3n) is 3.58. The summed E-state index contributed by atoms with van der Waals surface area (Å²) in [7, 11) is 1.94. The molecule has 0 amide bonds. The zero-order valence-corrected chi connectivity index (χ0v) is 10.9. The lowest BCUT2D eigenvalue weighted by atomic mass is 9.96. The fourth-order valence-corrected chi connectivity index (χ4v) is 2.43. The SMILES string of the molecule is CCc1cc(CC(O)C2COC(C)C2)n(C)n1. The van der Waals surface area contributed by atoms with E-state index in [0.29, 0.717) is 13.0 Å². The van der Waals surface area contributed by atoms with Crippen LogP contribution in [-0.4, -0.2) is 33.7 Å². The Morgan fingerprint density at radius 1 is 1.65 bits per heavy atom. The maximum Gasteiger partial charge on any atom is 0.0646 e. The minimum absolute atomic E-state index is 0.268. The van der Waals surface area contributed by atoms with Crippen molar-refractivity contribution in [2.75, 3.05) is 6.61 Å². The number of hydrogen-bond acceptors (Lipinski definition) is 3. The lowest BCUT2D eigenvalue weighted by molar-refractivity contribution is 0.0796. The summed E-state index contributed by atoms with van der Waals surface area (Å²) in [6.45, 7) is 4.84. The highest BCUT2D eigenvalue weighted by Crippen LogP contribution is 2.24. The fourth-order valence-electron chi connectivity index (χ4n) is 2.43. The van der Waals surface area contributed by atoms with Crippen LogP contribution in [0.25, 0.3) is 0 Å². The normalized spacial score (nSPS) is 26.4. The average Bonchev–Trinajstić information content (AvgIpc) is 2.86. The van der Waals surface area contributed by atoms with Crippen molar-refractivity contribution in [2.45, 2.75) is 45.3 Å². The summed E-state index contributed by atoms with van der Waals surface area (Å²) in [5.41, 5.74) is 2.19. The van der Waals surface area contributed by atoms with E-state index in [4.69, 9.17) is 4.74 Å². The van der Waals surface area contributed by atoms with E-state index in [9.17, 15) is 5.11 Å². The third kappa shape index (κ3) is 2.87. The van der Waals surface area contributed by atoms with Crippen LogP contribution >= 0.6 is 0 Å². The molecule has 1 aromatic heterocycles. The number of rotatable bonds is 4. The van der Waals surface area contributed by atoms with Crippen LogP contribution in [0.2, 0.25) is 0 Å². The standard InChI is InChI=1S/C13H22N2O2/c1-4-11-6-12(15(3)14-11)7-13(16)10-5-9(2)17-8-10/h6,9-10,13,16H,4-5,7-8H2,1-3H3. The highest BCUT2D eigenvalue weighted by atomic mass is 16.5. The Kier molecular flexibility index (Phi) is 3.84. The number of aliphatic hydroxyl groups is 1. The second-order valence-electron chi connectivity index (χ2n) is 5.02. The Morgan fingerprint density at radius 3 is 2.94 bits per heavy atom. The smallest absolute Gasteiger partial charge is 0.0646 e. The van der Waals surface area contributed by atoms with Crippen molar-refractivity contribution in [3.05, 3.63) is 17.5 Å². The van der Waals surface area contributed by atoms with Gasteiger partial charge in [0.15, 0.2) is 0 Å². The van der Waals surface area contributed by atoms with E-state index in [1.165, 1.54) is 0 Å². The molecule has 0 aromatic carbocycles. The van der Waals surface area contributed by atoms with E-state index in [1.54, 1.807) is 0 Å². The van der Waals surface area contributed by atoms with Crippen LogP contribution < -0.4 is 0 Å². The van der Waals surface area contributed by atoms with Crippen molar-refractivity contribution in [1.29, 1.82) is 0 Å². The fraction of sp³-hybridized carbons (Fsp3) is 0.769. The van der Waals surface area contributed by atoms with Crippen LogP contribution in [-0.2, 0) is 24.6 Å². The van der Waals surface area contributed by atoms with Gasteiger partial charge < -0.3 is 9.84 Å². The molecule has 96 valence electrons. The van der Waals surface area contributed by atoms with E-state index in [0.717, 1.165) is 24.2 Å². The Bertz CT molecular complexity index is 375. The molecule has 1 aliphatic heterocycles. The van der Waals surface area contributed by atoms with Gasteiger partial charge in [-0.2, -0.15) is 5.10 Å². The van der Waals surface area contributed by atoms with Gasteiger partial charge in [-0.3, -0.25) is 4.68 Å². The topological polar surface area (TPSA) is 47.3 Å². The molecule has 2 rings (SSSR count). The molecule has 3 unspecified atom stereocenters. The van der Waals surface area contributed by atoms with Crippen LogP contribution in [0.5, 0.6) is 0 Å². The van der Waals surface area contributed by atoms with Gasteiger partial charge in [0.25, 0.3) is 0 Å². The quantitative estimate of drug-likeness (QED) is 0.860. The number of aromatic nitrogens is 2. The first-order chi connectivity index (χ1) is 8.10. The van der Waals surface area contributed by atoms with Crippen LogP contribution in [0.1, 0.15) is 31.7 Å². The van der Waals surface area contributed by atoms with Crippen LogP contribution in [0.15, 0.2) is 6.07 Å². The maximum absolute atomic E-state index is 10.2. The van der Waals surface area contributed by atoms with Gasteiger partial charge >= 0.3 is 0 Å². The van der Waals surface area contributed by atoms with E-state index in [-0.39, 0.29) is 18.1 Å². The molecule has 0 saturated carbocycles. The molecular formula is C13H22N2O2. The van der Waals surface area contributed by atoms with Crippen LogP contribution in [0.4, 0.5) is 0 Å². The first-order valence-corrected chi connectivity index (χ1v) is 6.41. The van der Waals surface area contributed by atoms with E-state index in [2.05, 4.69) is 25.0 Å². The van der Waals surface area contributed by atoms with Gasteiger partial charge in [-0.05, 0) is 25.8 Å². The zero-order chi connectivity index (χ0) is 12.4. The number of aryl methyl sites for hydroxylation is 2. The highest BCUT2D eigenvalue weighted by molar-refractivity contribution is 5.11. The Balaban J connectivity index is 1.97. The Hall–Kier alpha value is -0.870. The number of nitrogens with zero attached hydrogens (tertiary/aromatic N) is 2. The minimum Gasteiger partial charge on any atom is -0.392 e. The van der Waals surface area contributed by atoms with E-state index < -0.39 is 0 Å². The molecule has 0 radical (unpaired) electrons. The Labute approximate surface area is 103 Å². The number of hydrogen-bond donors (Lipinski definition) is 1. The molecule has 0 aliphatic carbocycles. The first kappa shape index (κ1) is 12.6. The molecule has 1 saturated heterocycles. The van der Waals surface area contributed by atoms with Crippen molar-refractivity contribution in [1.82, 2.24) is 9.78 Å². The van der Waals surface area contributed by atoms with Crippen molar-refractivity contribution < 1.29 is 9.84 Å². The second kappa shape index (κ2) is 5.19. The summed E-state index contributed by atoms with van der Waals surface area (Å²) in [5.74, 6) is 0.268. The lowest BCUT2D eigenvalue weighted by Gasteiger charge is -2.16. The molecule has 3 atom stereocenters. The van der Waals surface area contributed by atoms with Gasteiger partial charge in [0, 0.05) is 25.1 Å². The van der Waals surface area contributed by atoms with Gasteiger partial charge in [0.05, 0.1) is 24.5 Å². The molecule has 2 heterocycles. The largest absolute Gasteiger partial charge is 0.392 e. The monoisotopic (exact) mass is 238 g/mol. The van der Waals surface area contributed by atoms with Gasteiger partial charge in [-0.25, -0.2) is 0 Å². The molecule has 4 heteroatoms. The van der Waals surface area contributed by atoms with E-state index in [1.807, 2.05) is 11.7 Å². The molecule has 1 fully saturated rings. The van der Waals surface area contributed by atoms with Crippen molar-refractivity contribution in [3.63, 3.8) is 0 Å². The molecule has 1 aromatic rings. The summed E-state index contributed by atoms with van der Waals surface area (Å²) in [6, 6.07) is 2.09. The zero-order valence-electron chi connectivity index (χ0n) is 10.9. The summed E-state index contributed by atoms with van der Waals surface area (Å²) in [5, 5.41) is 14.6. The van der Waals surface area contributed by atoms with Crippen molar-refractivity contribution >= 4 is 0 Å². The predicted molar refractivity (Wildman–Crippen MR) is 65.8 cm³/mol. The number of ether oxygens (including phenoxy) is 1. The average molecular weight is 238 g/mol. The summed E-state index contributed by atoms with van der Waals surface area (Å²) >= 11 is 0. The molecular weight excluding hydrogens is 216 g/mol. The molecule has 4 nitrogen and oxygen atoms in total. The van der Waals surface area contributed by atoms with Crippen molar-refractivity contribution in [3.8, 4) is 0 Å². The molecule has 1 aliphatic rings. The second-order valence-corrected chi connectivity index (χ2v) is 5.02. The minimum atomic E-state index is -0.319. The van der Waals surface area contributed by atoms with Crippen LogP contribution in [0, 0.1) is 5.92 Å². The summed E-state index contributed by atoms with van der Waals surface area (Å²) < 4.78 is 7.37. The maximum atomic E-state index is 10.2. The Morgan fingerprint density at radius 2 is 2.41 bits per heavy atom. The lowest BCUT2D eigenvalue weighted by Crippen LogP contribution is -2.24. The predicted octanol–water partition coefficient (Wildman–Crippen LogP) is 1.31. The summed E-state index contributed by atoms with van der Waals surface area (Å²) in [6.07, 6.45) is 2.53. The van der Waals surface area contributed by atoms with Gasteiger partial charge in [0.1, 0.15) is 0 Å². The van der Waals surface area contributed by atoms with Crippen molar-refractivity contribution in [2.24, 2.45) is 13.0 Å². The third-order valence-corrected chi connectivity index (χ3v) is 3.58. The summed E-state index contributed by atoms with van der Waals surface area (Å²) in [4.78, 5) is 0.